The molecule has 2 amide bonds. The van der Waals surface area contributed by atoms with Crippen LogP contribution in [0.25, 0.3) is 0 Å². The van der Waals surface area contributed by atoms with Crippen LogP contribution in [0.15, 0.2) is 4.40 Å². The molecule has 0 bridgehead atoms. The highest BCUT2D eigenvalue weighted by atomic mass is 32.2. The lowest BCUT2D eigenvalue weighted by Crippen LogP contribution is -2.46. The number of hydrogen-bond donors (Lipinski definition) is 2. The highest BCUT2D eigenvalue weighted by molar-refractivity contribution is 7.97. The second kappa shape index (κ2) is 7.37. The highest BCUT2D eigenvalue weighted by Crippen LogP contribution is 2.08. The number of guanidine groups is 1. The van der Waals surface area contributed by atoms with Crippen LogP contribution in [0.4, 0.5) is 9.59 Å². The molecule has 8 heteroatoms. The van der Waals surface area contributed by atoms with E-state index in [1.54, 1.807) is 47.8 Å². The van der Waals surface area contributed by atoms with Crippen LogP contribution in [0.2, 0.25) is 0 Å². The molecule has 0 spiro atoms. The third-order valence-electron chi connectivity index (χ3n) is 1.42. The van der Waals surface area contributed by atoms with Crippen molar-refractivity contribution in [3.8, 4) is 0 Å². The second-order valence-electron chi connectivity index (χ2n) is 5.88. The van der Waals surface area contributed by atoms with Crippen LogP contribution in [0.5, 0.6) is 0 Å². The number of alkyl carbamates (subject to hydrolysis) is 2. The average Bonchev–Trinajstić information content (AvgIpc) is 2.10. The predicted octanol–water partition coefficient (Wildman–Crippen LogP) is 2.67. The minimum absolute atomic E-state index is 0.0407. The van der Waals surface area contributed by atoms with Gasteiger partial charge in [-0.15, -0.1) is 0 Å². The van der Waals surface area contributed by atoms with Crippen molar-refractivity contribution in [2.24, 2.45) is 4.40 Å². The first kappa shape index (κ1) is 18.6. The zero-order valence-electron chi connectivity index (χ0n) is 13.0. The van der Waals surface area contributed by atoms with Gasteiger partial charge >= 0.3 is 12.2 Å². The molecule has 7 nitrogen and oxygen atoms in total. The van der Waals surface area contributed by atoms with E-state index in [9.17, 15) is 9.59 Å². The SMILES string of the molecule is CSN=C(NC(=O)OC(C)(C)C)NC(=O)OC(C)(C)C. The second-order valence-corrected chi connectivity index (χ2v) is 6.42. The summed E-state index contributed by atoms with van der Waals surface area (Å²) in [4.78, 5) is 23.2. The molecule has 0 atom stereocenters. The Hall–Kier alpha value is -1.44. The highest BCUT2D eigenvalue weighted by Gasteiger charge is 2.21. The molecule has 0 saturated heterocycles. The van der Waals surface area contributed by atoms with Crippen molar-refractivity contribution >= 4 is 30.1 Å². The minimum Gasteiger partial charge on any atom is -0.444 e. The largest absolute Gasteiger partial charge is 0.444 e. The maximum atomic E-state index is 11.6. The number of rotatable bonds is 1. The minimum atomic E-state index is -0.707. The van der Waals surface area contributed by atoms with E-state index in [1.165, 1.54) is 0 Å². The number of nitrogens with one attached hydrogen (secondary N) is 2. The predicted molar refractivity (Wildman–Crippen MR) is 79.7 cm³/mol. The molecule has 0 rings (SSSR count). The summed E-state index contributed by atoms with van der Waals surface area (Å²) in [6.45, 7) is 10.4. The standard InChI is InChI=1S/C12H23N3O4S/c1-11(2,3)18-9(16)13-8(15-20-7)14-10(17)19-12(4,5)6/h1-7H3,(H2,13,14,15,16,17). The van der Waals surface area contributed by atoms with Gasteiger partial charge in [0.15, 0.2) is 0 Å². The molecule has 20 heavy (non-hydrogen) atoms. The van der Waals surface area contributed by atoms with Gasteiger partial charge in [-0.2, -0.15) is 4.40 Å². The molecular formula is C12H23N3O4S. The number of carbonyl (C=O) groups is 2. The number of hydrogen-bond acceptors (Lipinski definition) is 6. The van der Waals surface area contributed by atoms with Crippen LogP contribution in [-0.4, -0.2) is 35.6 Å². The van der Waals surface area contributed by atoms with Gasteiger partial charge < -0.3 is 9.47 Å². The Bertz CT molecular complexity index is 351. The number of carbonyl (C=O) groups excluding carboxylic acids is 2. The molecule has 0 aromatic carbocycles. The molecular weight excluding hydrogens is 282 g/mol. The zero-order valence-corrected chi connectivity index (χ0v) is 13.8. The van der Waals surface area contributed by atoms with Crippen molar-refractivity contribution in [2.45, 2.75) is 52.7 Å². The summed E-state index contributed by atoms with van der Waals surface area (Å²) in [6.07, 6.45) is 0.274. The Morgan fingerprint density at radius 2 is 1.25 bits per heavy atom. The van der Waals surface area contributed by atoms with Gasteiger partial charge in [0.05, 0.1) is 0 Å². The third-order valence-corrected chi connectivity index (χ3v) is 1.79. The van der Waals surface area contributed by atoms with Crippen LogP contribution >= 0.6 is 11.9 Å². The van der Waals surface area contributed by atoms with E-state index < -0.39 is 23.4 Å². The van der Waals surface area contributed by atoms with Gasteiger partial charge in [-0.25, -0.2) is 9.59 Å². The summed E-state index contributed by atoms with van der Waals surface area (Å²) < 4.78 is 14.0. The van der Waals surface area contributed by atoms with E-state index in [1.807, 2.05) is 0 Å². The molecule has 0 radical (unpaired) electrons. The topological polar surface area (TPSA) is 89.0 Å². The molecule has 0 aliphatic rings. The van der Waals surface area contributed by atoms with Crippen molar-refractivity contribution in [3.05, 3.63) is 0 Å². The maximum absolute atomic E-state index is 11.6. The lowest BCUT2D eigenvalue weighted by Gasteiger charge is -2.21. The smallest absolute Gasteiger partial charge is 0.414 e. The first-order valence-electron chi connectivity index (χ1n) is 6.04. The van der Waals surface area contributed by atoms with E-state index in [-0.39, 0.29) is 5.96 Å². The van der Waals surface area contributed by atoms with E-state index in [0.29, 0.717) is 0 Å². The molecule has 0 heterocycles. The molecule has 0 aliphatic heterocycles. The normalized spacial score (nSPS) is 11.3. The fourth-order valence-electron chi connectivity index (χ4n) is 0.969. The fourth-order valence-corrected chi connectivity index (χ4v) is 1.24. The van der Waals surface area contributed by atoms with Gasteiger partial charge in [0, 0.05) is 6.26 Å². The molecule has 0 unspecified atom stereocenters. The molecule has 0 fully saturated rings. The van der Waals surface area contributed by atoms with Crippen LogP contribution in [-0.2, 0) is 9.47 Å². The van der Waals surface area contributed by atoms with Crippen molar-refractivity contribution in [2.75, 3.05) is 6.26 Å². The van der Waals surface area contributed by atoms with Gasteiger partial charge in [-0.05, 0) is 53.5 Å². The summed E-state index contributed by atoms with van der Waals surface area (Å²) in [5, 5.41) is 4.69. The molecule has 0 aliphatic carbocycles. The zero-order chi connectivity index (χ0) is 16.0. The van der Waals surface area contributed by atoms with E-state index in [2.05, 4.69) is 15.0 Å². The van der Waals surface area contributed by atoms with Crippen LogP contribution in [0, 0.1) is 0 Å². The van der Waals surface area contributed by atoms with E-state index >= 15 is 0 Å². The van der Waals surface area contributed by atoms with Gasteiger partial charge in [0.25, 0.3) is 0 Å². The van der Waals surface area contributed by atoms with E-state index in [0.717, 1.165) is 11.9 Å². The van der Waals surface area contributed by atoms with Crippen molar-refractivity contribution in [1.29, 1.82) is 0 Å². The van der Waals surface area contributed by atoms with Gasteiger partial charge in [0.2, 0.25) is 5.96 Å². The molecule has 0 saturated carbocycles. The molecule has 0 aromatic rings. The number of nitrogens with zero attached hydrogens (tertiary/aromatic N) is 1. The van der Waals surface area contributed by atoms with Crippen molar-refractivity contribution in [3.63, 3.8) is 0 Å². The Morgan fingerprint density at radius 3 is 1.50 bits per heavy atom. The summed E-state index contributed by atoms with van der Waals surface area (Å²) in [7, 11) is 0. The Labute approximate surface area is 124 Å². The molecule has 0 aromatic heterocycles. The Balaban J connectivity index is 4.57. The lowest BCUT2D eigenvalue weighted by atomic mass is 10.2. The first-order chi connectivity index (χ1) is 8.93. The van der Waals surface area contributed by atoms with Gasteiger partial charge in [-0.3, -0.25) is 10.6 Å². The number of amides is 2. The van der Waals surface area contributed by atoms with Crippen LogP contribution < -0.4 is 10.6 Å². The summed E-state index contributed by atoms with van der Waals surface area (Å²) in [6, 6.07) is 0. The average molecular weight is 305 g/mol. The Kier molecular flexibility index (Phi) is 6.84. The summed E-state index contributed by atoms with van der Waals surface area (Å²) in [5.74, 6) is -0.0407. The van der Waals surface area contributed by atoms with Crippen LogP contribution in [0.3, 0.4) is 0 Å². The van der Waals surface area contributed by atoms with E-state index in [4.69, 9.17) is 9.47 Å². The summed E-state index contributed by atoms with van der Waals surface area (Å²) >= 11 is 1.08. The quantitative estimate of drug-likeness (QED) is 0.441. The maximum Gasteiger partial charge on any atom is 0.414 e. The molecule has 2 N–H and O–H groups in total. The van der Waals surface area contributed by atoms with Gasteiger partial charge in [0.1, 0.15) is 11.2 Å². The Morgan fingerprint density at radius 1 is 0.900 bits per heavy atom. The monoisotopic (exact) mass is 305 g/mol. The fraction of sp³-hybridized carbons (Fsp3) is 0.750. The lowest BCUT2D eigenvalue weighted by molar-refractivity contribution is 0.0545. The third kappa shape index (κ3) is 10.5. The van der Waals surface area contributed by atoms with Crippen molar-refractivity contribution in [1.82, 2.24) is 10.6 Å². The van der Waals surface area contributed by atoms with Gasteiger partial charge in [-0.1, -0.05) is 0 Å². The van der Waals surface area contributed by atoms with Crippen molar-refractivity contribution < 1.29 is 19.1 Å². The first-order valence-corrected chi connectivity index (χ1v) is 7.22. The van der Waals surface area contributed by atoms with Crippen LogP contribution in [0.1, 0.15) is 41.5 Å². The summed E-state index contributed by atoms with van der Waals surface area (Å²) in [5.41, 5.74) is -1.28. The number of ether oxygens (including phenoxy) is 2. The molecule has 116 valence electrons.